The Bertz CT molecular complexity index is 1620. The number of hydrogen-bond acceptors (Lipinski definition) is 8. The van der Waals surface area contributed by atoms with E-state index in [0.29, 0.717) is 30.4 Å². The predicted molar refractivity (Wildman–Crippen MR) is 148 cm³/mol. The van der Waals surface area contributed by atoms with Crippen LogP contribution in [0.4, 0.5) is 11.5 Å². The lowest BCUT2D eigenvalue weighted by Gasteiger charge is -2.32. The molecule has 10 heteroatoms. The van der Waals surface area contributed by atoms with Crippen molar-refractivity contribution in [2.75, 3.05) is 36.9 Å². The Morgan fingerprint density at radius 1 is 0.947 bits per heavy atom. The number of rotatable bonds is 5. The number of nitrogens with one attached hydrogen (secondary N) is 1. The number of para-hydroxylation sites is 1. The fourth-order valence-electron chi connectivity index (χ4n) is 4.23. The highest BCUT2D eigenvalue weighted by Gasteiger charge is 2.24. The fourth-order valence-corrected chi connectivity index (χ4v) is 5.18. The van der Waals surface area contributed by atoms with Gasteiger partial charge in [0.05, 0.1) is 12.2 Å². The number of carbonyl (C=O) groups is 2. The SMILES string of the molecule is CN1CCN(c2cc(C(=O)Nc3ccccc3-c3nc4cccnc4s3)nc(-c3ccccc3)n2)CC1=O. The van der Waals surface area contributed by atoms with Crippen molar-refractivity contribution in [2.24, 2.45) is 0 Å². The largest absolute Gasteiger partial charge is 0.345 e. The van der Waals surface area contributed by atoms with Crippen molar-refractivity contribution < 1.29 is 9.59 Å². The minimum atomic E-state index is -0.377. The molecule has 0 aliphatic carbocycles. The quantitative estimate of drug-likeness (QED) is 0.367. The van der Waals surface area contributed by atoms with E-state index >= 15 is 0 Å². The first-order valence-corrected chi connectivity index (χ1v) is 12.9. The number of amides is 2. The predicted octanol–water partition coefficient (Wildman–Crippen LogP) is 4.35. The van der Waals surface area contributed by atoms with Gasteiger partial charge in [-0.1, -0.05) is 53.8 Å². The molecule has 5 aromatic rings. The van der Waals surface area contributed by atoms with Crippen molar-refractivity contribution in [3.63, 3.8) is 0 Å². The molecule has 1 saturated heterocycles. The molecule has 38 heavy (non-hydrogen) atoms. The molecule has 2 amide bonds. The molecule has 0 saturated carbocycles. The summed E-state index contributed by atoms with van der Waals surface area (Å²) < 4.78 is 0. The molecule has 1 aliphatic rings. The summed E-state index contributed by atoms with van der Waals surface area (Å²) >= 11 is 1.47. The van der Waals surface area contributed by atoms with Crippen molar-refractivity contribution >= 4 is 45.0 Å². The summed E-state index contributed by atoms with van der Waals surface area (Å²) in [5.74, 6) is 0.584. The highest BCUT2D eigenvalue weighted by atomic mass is 32.1. The van der Waals surface area contributed by atoms with E-state index in [0.717, 1.165) is 26.5 Å². The molecule has 6 rings (SSSR count). The number of thiazole rings is 1. The first kappa shape index (κ1) is 23.7. The minimum absolute atomic E-state index is 0.00127. The topological polar surface area (TPSA) is 104 Å². The van der Waals surface area contributed by atoms with Crippen LogP contribution >= 0.6 is 11.3 Å². The molecular weight excluding hydrogens is 498 g/mol. The van der Waals surface area contributed by atoms with Crippen LogP contribution in [-0.4, -0.2) is 63.3 Å². The van der Waals surface area contributed by atoms with Crippen molar-refractivity contribution in [1.29, 1.82) is 0 Å². The van der Waals surface area contributed by atoms with Crippen LogP contribution in [-0.2, 0) is 4.79 Å². The maximum atomic E-state index is 13.6. The Morgan fingerprint density at radius 2 is 1.76 bits per heavy atom. The van der Waals surface area contributed by atoms with E-state index in [1.54, 1.807) is 24.2 Å². The minimum Gasteiger partial charge on any atom is -0.345 e. The molecule has 188 valence electrons. The molecule has 0 unspecified atom stereocenters. The van der Waals surface area contributed by atoms with Crippen LogP contribution in [0.15, 0.2) is 79.0 Å². The maximum absolute atomic E-state index is 13.6. The van der Waals surface area contributed by atoms with Crippen molar-refractivity contribution in [2.45, 2.75) is 0 Å². The number of hydrogen-bond donors (Lipinski definition) is 1. The molecule has 4 heterocycles. The first-order valence-electron chi connectivity index (χ1n) is 12.1. The van der Waals surface area contributed by atoms with Crippen molar-refractivity contribution in [1.82, 2.24) is 24.8 Å². The Balaban J connectivity index is 1.36. The van der Waals surface area contributed by atoms with Crippen LogP contribution in [0.2, 0.25) is 0 Å². The highest BCUT2D eigenvalue weighted by molar-refractivity contribution is 7.21. The number of benzene rings is 2. The van der Waals surface area contributed by atoms with Gasteiger partial charge in [0, 0.05) is 43.5 Å². The van der Waals surface area contributed by atoms with Gasteiger partial charge in [0.15, 0.2) is 5.82 Å². The van der Waals surface area contributed by atoms with Crippen LogP contribution in [0.3, 0.4) is 0 Å². The molecule has 2 aromatic carbocycles. The van der Waals surface area contributed by atoms with E-state index in [2.05, 4.69) is 15.3 Å². The number of fused-ring (bicyclic) bond motifs is 1. The summed E-state index contributed by atoms with van der Waals surface area (Å²) in [6, 6.07) is 22.4. The van der Waals surface area contributed by atoms with E-state index in [9.17, 15) is 9.59 Å². The van der Waals surface area contributed by atoms with E-state index in [1.165, 1.54) is 11.3 Å². The third-order valence-electron chi connectivity index (χ3n) is 6.33. The number of carbonyl (C=O) groups excluding carboxylic acids is 2. The standard InChI is InChI=1S/C28H23N7O2S/c1-34-14-15-35(17-24(34)36)23-16-22(30-25(33-23)18-8-3-2-4-9-18)26(37)31-20-11-6-5-10-19(20)27-32-21-12-7-13-29-28(21)38-27/h2-13,16H,14-15,17H2,1H3,(H,31,37). The van der Waals surface area contributed by atoms with Crippen LogP contribution in [0.5, 0.6) is 0 Å². The average molecular weight is 522 g/mol. The first-order chi connectivity index (χ1) is 18.5. The van der Waals surface area contributed by atoms with E-state index < -0.39 is 0 Å². The van der Waals surface area contributed by atoms with Crippen molar-refractivity contribution in [3.05, 3.63) is 84.7 Å². The van der Waals surface area contributed by atoms with E-state index in [4.69, 9.17) is 9.97 Å². The molecule has 0 bridgehead atoms. The molecule has 9 nitrogen and oxygen atoms in total. The Hall–Kier alpha value is -4.70. The molecule has 1 N–H and O–H groups in total. The van der Waals surface area contributed by atoms with Crippen LogP contribution in [0.1, 0.15) is 10.5 Å². The van der Waals surface area contributed by atoms with Crippen LogP contribution < -0.4 is 10.2 Å². The second-order valence-corrected chi connectivity index (χ2v) is 9.86. The van der Waals surface area contributed by atoms with Crippen LogP contribution in [0, 0.1) is 0 Å². The van der Waals surface area contributed by atoms with Gasteiger partial charge in [-0.25, -0.2) is 19.9 Å². The van der Waals surface area contributed by atoms with Gasteiger partial charge in [-0.3, -0.25) is 9.59 Å². The average Bonchev–Trinajstić information content (AvgIpc) is 3.39. The fraction of sp³-hybridized carbons (Fsp3) is 0.143. The van der Waals surface area contributed by atoms with Gasteiger partial charge in [0.2, 0.25) is 5.91 Å². The zero-order chi connectivity index (χ0) is 26.1. The molecule has 3 aromatic heterocycles. The number of anilines is 2. The lowest BCUT2D eigenvalue weighted by atomic mass is 10.1. The number of piperazine rings is 1. The van der Waals surface area contributed by atoms with Gasteiger partial charge in [-0.15, -0.1) is 0 Å². The molecule has 0 radical (unpaired) electrons. The normalized spacial score (nSPS) is 13.7. The molecule has 0 atom stereocenters. The Morgan fingerprint density at radius 3 is 2.58 bits per heavy atom. The number of pyridine rings is 1. The second-order valence-electron chi connectivity index (χ2n) is 8.88. The summed E-state index contributed by atoms with van der Waals surface area (Å²) in [5.41, 5.74) is 3.22. The summed E-state index contributed by atoms with van der Waals surface area (Å²) in [6.07, 6.45) is 1.74. The lowest BCUT2D eigenvalue weighted by Crippen LogP contribution is -2.49. The molecule has 1 aliphatic heterocycles. The number of nitrogens with zero attached hydrogens (tertiary/aromatic N) is 6. The van der Waals surface area contributed by atoms with E-state index in [-0.39, 0.29) is 24.1 Å². The highest BCUT2D eigenvalue weighted by Crippen LogP contribution is 2.34. The maximum Gasteiger partial charge on any atom is 0.274 e. The molecular formula is C28H23N7O2S. The van der Waals surface area contributed by atoms with Gasteiger partial charge in [0.1, 0.15) is 26.9 Å². The number of aromatic nitrogens is 4. The monoisotopic (exact) mass is 521 g/mol. The third-order valence-corrected chi connectivity index (χ3v) is 7.34. The summed E-state index contributed by atoms with van der Waals surface area (Å²) in [7, 11) is 1.78. The molecule has 1 fully saturated rings. The lowest BCUT2D eigenvalue weighted by molar-refractivity contribution is -0.129. The second kappa shape index (κ2) is 9.98. The summed E-state index contributed by atoms with van der Waals surface area (Å²) in [4.78, 5) is 48.8. The number of likely N-dealkylation sites (N-methyl/N-ethyl adjacent to an activating group) is 1. The summed E-state index contributed by atoms with van der Waals surface area (Å²) in [6.45, 7) is 1.38. The van der Waals surface area contributed by atoms with Gasteiger partial charge < -0.3 is 15.1 Å². The zero-order valence-corrected chi connectivity index (χ0v) is 21.4. The van der Waals surface area contributed by atoms with E-state index in [1.807, 2.05) is 71.6 Å². The Kier molecular flexibility index (Phi) is 6.22. The van der Waals surface area contributed by atoms with Crippen molar-refractivity contribution in [3.8, 4) is 22.0 Å². The van der Waals surface area contributed by atoms with Crippen LogP contribution in [0.25, 0.3) is 32.3 Å². The third kappa shape index (κ3) is 4.69. The summed E-state index contributed by atoms with van der Waals surface area (Å²) in [5, 5.41) is 3.78. The molecule has 0 spiro atoms. The smallest absolute Gasteiger partial charge is 0.274 e. The van der Waals surface area contributed by atoms with Gasteiger partial charge >= 0.3 is 0 Å². The van der Waals surface area contributed by atoms with Gasteiger partial charge in [0.25, 0.3) is 5.91 Å². The van der Waals surface area contributed by atoms with Gasteiger partial charge in [-0.05, 0) is 24.3 Å². The van der Waals surface area contributed by atoms with Gasteiger partial charge in [-0.2, -0.15) is 0 Å². The zero-order valence-electron chi connectivity index (χ0n) is 20.5. The Labute approximate surface area is 222 Å².